The molecule has 3 nitrogen and oxygen atoms in total. The lowest BCUT2D eigenvalue weighted by Gasteiger charge is -2.24. The first-order valence-electron chi connectivity index (χ1n) is 7.02. The maximum Gasteiger partial charge on any atom is 0.138 e. The van der Waals surface area contributed by atoms with E-state index in [1.807, 2.05) is 20.8 Å². The van der Waals surface area contributed by atoms with Crippen LogP contribution in [0.15, 0.2) is 0 Å². The molecule has 1 saturated carbocycles. The zero-order valence-electron chi connectivity index (χ0n) is 12.6. The Balaban J connectivity index is 0. The highest BCUT2D eigenvalue weighted by atomic mass is 28.1. The molecule has 2 N–H and O–H groups in total. The van der Waals surface area contributed by atoms with E-state index in [4.69, 9.17) is 15.2 Å². The highest BCUT2D eigenvalue weighted by molar-refractivity contribution is 6.13. The minimum atomic E-state index is -0.260. The number of hydrogen-bond donors (Lipinski definition) is 1. The van der Waals surface area contributed by atoms with Crippen LogP contribution in [-0.4, -0.2) is 35.4 Å². The Morgan fingerprint density at radius 2 is 1.47 bits per heavy atom. The van der Waals surface area contributed by atoms with E-state index in [1.165, 1.54) is 32.1 Å². The Labute approximate surface area is 111 Å². The van der Waals surface area contributed by atoms with Crippen molar-refractivity contribution >= 4 is 10.2 Å². The van der Waals surface area contributed by atoms with Crippen LogP contribution in [0.5, 0.6) is 0 Å². The molecule has 0 bridgehead atoms. The molecule has 1 fully saturated rings. The van der Waals surface area contributed by atoms with Crippen molar-refractivity contribution in [1.82, 2.24) is 0 Å². The molecule has 0 radical (unpaired) electrons. The Bertz CT molecular complexity index is 129. The molecule has 1 aliphatic carbocycles. The topological polar surface area (TPSA) is 44.5 Å². The summed E-state index contributed by atoms with van der Waals surface area (Å²) in [5.74, 6) is 0. The van der Waals surface area contributed by atoms with Crippen molar-refractivity contribution in [2.24, 2.45) is 5.73 Å². The van der Waals surface area contributed by atoms with E-state index in [0.29, 0.717) is 0 Å². The largest absolute Gasteiger partial charge is 0.355 e. The van der Waals surface area contributed by atoms with Gasteiger partial charge in [0.15, 0.2) is 0 Å². The molecule has 106 valence electrons. The number of hydrogen-bond acceptors (Lipinski definition) is 3. The minimum Gasteiger partial charge on any atom is -0.355 e. The summed E-state index contributed by atoms with van der Waals surface area (Å²) in [6.45, 7) is 10.4. The van der Waals surface area contributed by atoms with E-state index in [9.17, 15) is 0 Å². The third-order valence-electron chi connectivity index (χ3n) is 1.90. The van der Waals surface area contributed by atoms with Gasteiger partial charge in [0.1, 0.15) is 5.41 Å². The SMILES string of the molecule is C1CC1.CCCCN.CCOC(C)([SiH3])OCC. The smallest absolute Gasteiger partial charge is 0.138 e. The summed E-state index contributed by atoms with van der Waals surface area (Å²) in [6, 6.07) is 0. The molecule has 0 spiro atoms. The second-order valence-corrected chi connectivity index (χ2v) is 6.29. The van der Waals surface area contributed by atoms with Crippen LogP contribution in [0.2, 0.25) is 0 Å². The molecule has 0 amide bonds. The first kappa shape index (κ1) is 19.4. The van der Waals surface area contributed by atoms with Gasteiger partial charge >= 0.3 is 0 Å². The second kappa shape index (κ2) is 14.2. The number of nitrogens with two attached hydrogens (primary N) is 1. The third-order valence-corrected chi connectivity index (χ3v) is 2.47. The summed E-state index contributed by atoms with van der Waals surface area (Å²) in [7, 11) is 0.923. The van der Waals surface area contributed by atoms with E-state index in [2.05, 4.69) is 6.92 Å². The lowest BCUT2D eigenvalue weighted by Crippen LogP contribution is -2.32. The van der Waals surface area contributed by atoms with E-state index in [0.717, 1.165) is 30.0 Å². The highest BCUT2D eigenvalue weighted by Crippen LogP contribution is 2.14. The summed E-state index contributed by atoms with van der Waals surface area (Å²) in [5.41, 5.74) is 4.88. The summed E-state index contributed by atoms with van der Waals surface area (Å²) < 4.78 is 10.6. The third kappa shape index (κ3) is 26.0. The van der Waals surface area contributed by atoms with Crippen molar-refractivity contribution < 1.29 is 9.47 Å². The Morgan fingerprint density at radius 3 is 1.59 bits per heavy atom. The summed E-state index contributed by atoms with van der Waals surface area (Å²) in [4.78, 5) is 0. The standard InChI is InChI=1S/C6H16O2Si.C4H11N.C3H6/c1-4-7-6(3,9)8-5-2;1-2-3-4-5;1-2-3-1/h4-5H2,1-3,9H3;2-5H2,1H3;1-3H2. The molecular weight excluding hydrogens is 230 g/mol. The number of ether oxygens (including phenoxy) is 2. The Kier molecular flexibility index (Phi) is 16.2. The number of unbranched alkanes of at least 4 members (excludes halogenated alkanes) is 1. The maximum absolute atomic E-state index is 5.31. The van der Waals surface area contributed by atoms with Crippen molar-refractivity contribution in [3.8, 4) is 0 Å². The van der Waals surface area contributed by atoms with Gasteiger partial charge in [-0.05, 0) is 33.7 Å². The van der Waals surface area contributed by atoms with Gasteiger partial charge in [0.25, 0.3) is 0 Å². The summed E-state index contributed by atoms with van der Waals surface area (Å²) in [5, 5.41) is 0. The van der Waals surface area contributed by atoms with Gasteiger partial charge in [-0.1, -0.05) is 32.6 Å². The molecule has 0 saturated heterocycles. The predicted molar refractivity (Wildman–Crippen MR) is 79.4 cm³/mol. The van der Waals surface area contributed by atoms with Crippen LogP contribution in [-0.2, 0) is 9.47 Å². The van der Waals surface area contributed by atoms with Crippen LogP contribution in [0, 0.1) is 0 Å². The van der Waals surface area contributed by atoms with Crippen molar-refractivity contribution in [2.45, 2.75) is 65.2 Å². The molecular formula is C13H33NO2Si. The van der Waals surface area contributed by atoms with E-state index >= 15 is 0 Å². The zero-order chi connectivity index (χ0) is 13.6. The molecule has 1 rings (SSSR count). The van der Waals surface area contributed by atoms with Gasteiger partial charge in [0.05, 0.1) is 10.2 Å². The number of rotatable bonds is 6. The van der Waals surface area contributed by atoms with Gasteiger partial charge in [-0.15, -0.1) is 0 Å². The fourth-order valence-electron chi connectivity index (χ4n) is 0.941. The average molecular weight is 263 g/mol. The van der Waals surface area contributed by atoms with Crippen LogP contribution < -0.4 is 5.73 Å². The van der Waals surface area contributed by atoms with Gasteiger partial charge in [-0.25, -0.2) is 0 Å². The Hall–Kier alpha value is 0.0969. The molecule has 0 aliphatic heterocycles. The van der Waals surface area contributed by atoms with Crippen LogP contribution in [0.4, 0.5) is 0 Å². The monoisotopic (exact) mass is 263 g/mol. The Morgan fingerprint density at radius 1 is 1.06 bits per heavy atom. The van der Waals surface area contributed by atoms with Crippen LogP contribution in [0.25, 0.3) is 0 Å². The van der Waals surface area contributed by atoms with Gasteiger partial charge in [-0.3, -0.25) is 0 Å². The first-order chi connectivity index (χ1) is 8.04. The fraction of sp³-hybridized carbons (Fsp3) is 1.00. The molecule has 0 aromatic rings. The zero-order valence-corrected chi connectivity index (χ0v) is 14.6. The average Bonchev–Trinajstić information content (AvgIpc) is 3.06. The van der Waals surface area contributed by atoms with E-state index in [1.54, 1.807) is 0 Å². The van der Waals surface area contributed by atoms with Gasteiger partial charge in [-0.2, -0.15) is 0 Å². The van der Waals surface area contributed by atoms with Crippen LogP contribution >= 0.6 is 0 Å². The molecule has 1 aliphatic rings. The molecule has 0 aromatic carbocycles. The van der Waals surface area contributed by atoms with Crippen LogP contribution in [0.3, 0.4) is 0 Å². The van der Waals surface area contributed by atoms with Crippen molar-refractivity contribution in [1.29, 1.82) is 0 Å². The molecule has 17 heavy (non-hydrogen) atoms. The molecule has 0 atom stereocenters. The van der Waals surface area contributed by atoms with Crippen LogP contribution in [0.1, 0.15) is 59.8 Å². The molecule has 4 heteroatoms. The lowest BCUT2D eigenvalue weighted by atomic mass is 10.3. The predicted octanol–water partition coefficient (Wildman–Crippen LogP) is 2.01. The van der Waals surface area contributed by atoms with Crippen molar-refractivity contribution in [3.63, 3.8) is 0 Å². The minimum absolute atomic E-state index is 0.260. The first-order valence-corrected chi connectivity index (χ1v) is 8.02. The molecule has 0 aromatic heterocycles. The normalized spacial score (nSPS) is 13.2. The van der Waals surface area contributed by atoms with Gasteiger partial charge in [0, 0.05) is 13.2 Å². The molecule has 0 unspecified atom stereocenters. The maximum atomic E-state index is 5.31. The van der Waals surface area contributed by atoms with Gasteiger partial charge in [0.2, 0.25) is 0 Å². The second-order valence-electron chi connectivity index (χ2n) is 4.47. The van der Waals surface area contributed by atoms with E-state index < -0.39 is 0 Å². The summed E-state index contributed by atoms with van der Waals surface area (Å²) in [6.07, 6.45) is 6.89. The fourth-order valence-corrected chi connectivity index (χ4v) is 1.52. The highest BCUT2D eigenvalue weighted by Gasteiger charge is 2.15. The summed E-state index contributed by atoms with van der Waals surface area (Å²) >= 11 is 0. The van der Waals surface area contributed by atoms with Crippen molar-refractivity contribution in [3.05, 3.63) is 0 Å². The quantitative estimate of drug-likeness (QED) is 0.589. The van der Waals surface area contributed by atoms with E-state index in [-0.39, 0.29) is 5.41 Å². The lowest BCUT2D eigenvalue weighted by molar-refractivity contribution is -0.160. The van der Waals surface area contributed by atoms with Gasteiger partial charge < -0.3 is 15.2 Å². The molecule has 0 heterocycles. The van der Waals surface area contributed by atoms with Crippen molar-refractivity contribution in [2.75, 3.05) is 19.8 Å².